The molecule has 6 nitrogen and oxygen atoms in total. The molecule has 2 unspecified atom stereocenters. The average molecular weight is 406 g/mol. The summed E-state index contributed by atoms with van der Waals surface area (Å²) >= 11 is 0. The van der Waals surface area contributed by atoms with Crippen molar-refractivity contribution in [1.29, 1.82) is 0 Å². The van der Waals surface area contributed by atoms with Crippen LogP contribution in [-0.4, -0.2) is 42.5 Å². The van der Waals surface area contributed by atoms with Crippen molar-refractivity contribution in [3.63, 3.8) is 0 Å². The maximum atomic E-state index is 13.7. The first-order valence-electron chi connectivity index (χ1n) is 8.92. The highest BCUT2D eigenvalue weighted by Gasteiger charge is 2.33. The third-order valence-corrected chi connectivity index (χ3v) is 4.90. The Morgan fingerprint density at radius 3 is 2.82 bits per heavy atom. The van der Waals surface area contributed by atoms with Crippen molar-refractivity contribution >= 4 is 29.9 Å². The van der Waals surface area contributed by atoms with Crippen LogP contribution < -0.4 is 15.4 Å². The first kappa shape index (κ1) is 20.1. The third kappa shape index (κ3) is 3.68. The van der Waals surface area contributed by atoms with Gasteiger partial charge in [0.15, 0.2) is 11.9 Å². The zero-order valence-corrected chi connectivity index (χ0v) is 16.1. The Balaban J connectivity index is 0.00000225. The Morgan fingerprint density at radius 1 is 1.25 bits per heavy atom. The van der Waals surface area contributed by atoms with Gasteiger partial charge in [-0.05, 0) is 36.8 Å². The molecule has 28 heavy (non-hydrogen) atoms. The number of carbonyl (C=O) groups is 2. The number of fused-ring (bicyclic) bond motifs is 1. The Hall–Kier alpha value is -2.64. The van der Waals surface area contributed by atoms with Crippen molar-refractivity contribution in [2.75, 3.05) is 25.0 Å². The predicted octanol–water partition coefficient (Wildman–Crippen LogP) is 2.75. The molecule has 8 heteroatoms. The summed E-state index contributed by atoms with van der Waals surface area (Å²) in [6.07, 6.45) is -0.673. The summed E-state index contributed by atoms with van der Waals surface area (Å²) in [6.45, 7) is 3.32. The first-order chi connectivity index (χ1) is 13.0. The lowest BCUT2D eigenvalue weighted by Crippen LogP contribution is -2.49. The van der Waals surface area contributed by atoms with E-state index in [4.69, 9.17) is 4.74 Å². The van der Waals surface area contributed by atoms with Gasteiger partial charge in [-0.15, -0.1) is 12.4 Å². The number of hydrogen-bond donors (Lipinski definition) is 2. The fraction of sp³-hybridized carbons (Fsp3) is 0.300. The van der Waals surface area contributed by atoms with Crippen molar-refractivity contribution in [2.24, 2.45) is 0 Å². The molecule has 0 aromatic heterocycles. The molecule has 2 aliphatic rings. The van der Waals surface area contributed by atoms with Gasteiger partial charge in [-0.2, -0.15) is 0 Å². The van der Waals surface area contributed by atoms with Gasteiger partial charge in [0.1, 0.15) is 5.82 Å². The van der Waals surface area contributed by atoms with Crippen LogP contribution in [0.5, 0.6) is 5.75 Å². The Morgan fingerprint density at radius 2 is 2.04 bits per heavy atom. The van der Waals surface area contributed by atoms with Crippen LogP contribution in [0.3, 0.4) is 0 Å². The van der Waals surface area contributed by atoms with E-state index < -0.39 is 6.10 Å². The topological polar surface area (TPSA) is 70.7 Å². The number of para-hydroxylation sites is 1. The minimum Gasteiger partial charge on any atom is -0.478 e. The maximum Gasteiger partial charge on any atom is 0.265 e. The molecule has 0 radical (unpaired) electrons. The fourth-order valence-corrected chi connectivity index (χ4v) is 3.51. The highest BCUT2D eigenvalue weighted by molar-refractivity contribution is 6.04. The molecule has 0 bridgehead atoms. The van der Waals surface area contributed by atoms with Gasteiger partial charge < -0.3 is 20.3 Å². The summed E-state index contributed by atoms with van der Waals surface area (Å²) in [4.78, 5) is 26.9. The van der Waals surface area contributed by atoms with Crippen LogP contribution in [0.25, 0.3) is 0 Å². The minimum atomic E-state index is -0.673. The Kier molecular flexibility index (Phi) is 5.86. The van der Waals surface area contributed by atoms with E-state index in [1.165, 1.54) is 12.1 Å². The van der Waals surface area contributed by atoms with Gasteiger partial charge in [0.2, 0.25) is 0 Å². The average Bonchev–Trinajstić information content (AvgIpc) is 2.68. The molecule has 1 fully saturated rings. The van der Waals surface area contributed by atoms with E-state index in [2.05, 4.69) is 10.6 Å². The molecule has 2 N–H and O–H groups in total. The summed E-state index contributed by atoms with van der Waals surface area (Å²) < 4.78 is 19.4. The molecule has 1 saturated heterocycles. The molecule has 0 aliphatic carbocycles. The van der Waals surface area contributed by atoms with Gasteiger partial charge in [0, 0.05) is 19.6 Å². The van der Waals surface area contributed by atoms with Crippen LogP contribution in [0.15, 0.2) is 42.5 Å². The van der Waals surface area contributed by atoms with Crippen molar-refractivity contribution in [1.82, 2.24) is 10.2 Å². The van der Waals surface area contributed by atoms with Crippen molar-refractivity contribution in [3.05, 3.63) is 59.4 Å². The number of rotatable bonds is 2. The number of ether oxygens (including phenoxy) is 1. The van der Waals surface area contributed by atoms with Crippen LogP contribution in [0.2, 0.25) is 0 Å². The zero-order valence-electron chi connectivity index (χ0n) is 15.3. The van der Waals surface area contributed by atoms with E-state index in [9.17, 15) is 14.0 Å². The standard InChI is InChI=1S/C20H20FN3O3.ClH/c1-12-19(25)23-16-7-3-6-15(18(16)27-12)20(26)24-9-8-22-11-17(24)13-4-2-5-14(21)10-13;/h2-7,10,12,17,22H,8-9,11H2,1H3,(H,23,25);1H. The molecule has 0 spiro atoms. The van der Waals surface area contributed by atoms with E-state index in [1.54, 1.807) is 36.1 Å². The number of hydrogen-bond acceptors (Lipinski definition) is 4. The normalized spacial score (nSPS) is 21.1. The Bertz CT molecular complexity index is 908. The minimum absolute atomic E-state index is 0. The second-order valence-electron chi connectivity index (χ2n) is 6.71. The zero-order chi connectivity index (χ0) is 19.0. The maximum absolute atomic E-state index is 13.7. The summed E-state index contributed by atoms with van der Waals surface area (Å²) in [5.74, 6) is -0.397. The lowest BCUT2D eigenvalue weighted by Gasteiger charge is -2.37. The highest BCUT2D eigenvalue weighted by Crippen LogP contribution is 2.35. The van der Waals surface area contributed by atoms with Crippen LogP contribution in [-0.2, 0) is 4.79 Å². The molecular formula is C20H21ClFN3O3. The largest absolute Gasteiger partial charge is 0.478 e. The fourth-order valence-electron chi connectivity index (χ4n) is 3.51. The Labute approximate surface area is 168 Å². The van der Waals surface area contributed by atoms with Gasteiger partial charge in [-0.25, -0.2) is 4.39 Å². The van der Waals surface area contributed by atoms with E-state index >= 15 is 0 Å². The number of amides is 2. The van der Waals surface area contributed by atoms with Crippen LogP contribution in [0.1, 0.15) is 28.9 Å². The second-order valence-corrected chi connectivity index (χ2v) is 6.71. The molecule has 2 heterocycles. The lowest BCUT2D eigenvalue weighted by atomic mass is 10.0. The van der Waals surface area contributed by atoms with Gasteiger partial charge in [-0.3, -0.25) is 9.59 Å². The highest BCUT2D eigenvalue weighted by atomic mass is 35.5. The second kappa shape index (κ2) is 8.16. The molecule has 2 aromatic rings. The van der Waals surface area contributed by atoms with Gasteiger partial charge in [0.05, 0.1) is 17.3 Å². The summed E-state index contributed by atoms with van der Waals surface area (Å²) in [6, 6.07) is 11.1. The molecule has 4 rings (SSSR count). The summed E-state index contributed by atoms with van der Waals surface area (Å²) in [7, 11) is 0. The number of nitrogens with zero attached hydrogens (tertiary/aromatic N) is 1. The quantitative estimate of drug-likeness (QED) is 0.806. The molecule has 0 saturated carbocycles. The number of carbonyl (C=O) groups excluding carboxylic acids is 2. The molecule has 2 atom stereocenters. The molecule has 2 aromatic carbocycles. The van der Waals surface area contributed by atoms with Crippen LogP contribution in [0.4, 0.5) is 10.1 Å². The van der Waals surface area contributed by atoms with E-state index in [-0.39, 0.29) is 36.1 Å². The molecule has 2 amide bonds. The molecule has 2 aliphatic heterocycles. The molecule has 148 valence electrons. The van der Waals surface area contributed by atoms with Gasteiger partial charge in [0.25, 0.3) is 11.8 Å². The monoisotopic (exact) mass is 405 g/mol. The lowest BCUT2D eigenvalue weighted by molar-refractivity contribution is -0.122. The summed E-state index contributed by atoms with van der Waals surface area (Å²) in [5, 5.41) is 6.02. The SMILES string of the molecule is CC1Oc2c(cccc2C(=O)N2CCNCC2c2cccc(F)c2)NC1=O.Cl. The predicted molar refractivity (Wildman–Crippen MR) is 105 cm³/mol. The van der Waals surface area contributed by atoms with E-state index in [0.717, 1.165) is 5.56 Å². The number of halogens is 2. The number of nitrogens with one attached hydrogen (secondary N) is 2. The first-order valence-corrected chi connectivity index (χ1v) is 8.92. The van der Waals surface area contributed by atoms with E-state index in [1.807, 2.05) is 6.07 Å². The van der Waals surface area contributed by atoms with Crippen molar-refractivity contribution in [2.45, 2.75) is 19.1 Å². The number of benzene rings is 2. The smallest absolute Gasteiger partial charge is 0.265 e. The van der Waals surface area contributed by atoms with Crippen LogP contribution >= 0.6 is 12.4 Å². The number of piperazine rings is 1. The van der Waals surface area contributed by atoms with Gasteiger partial charge in [-0.1, -0.05) is 18.2 Å². The van der Waals surface area contributed by atoms with Crippen molar-refractivity contribution in [3.8, 4) is 5.75 Å². The number of anilines is 1. The third-order valence-electron chi connectivity index (χ3n) is 4.90. The molecular weight excluding hydrogens is 385 g/mol. The van der Waals surface area contributed by atoms with Crippen LogP contribution in [0, 0.1) is 5.82 Å². The van der Waals surface area contributed by atoms with Gasteiger partial charge >= 0.3 is 0 Å². The van der Waals surface area contributed by atoms with Crippen molar-refractivity contribution < 1.29 is 18.7 Å². The van der Waals surface area contributed by atoms with E-state index in [0.29, 0.717) is 36.6 Å². The summed E-state index contributed by atoms with van der Waals surface area (Å²) in [5.41, 5.74) is 1.62.